The number of nitrogen functional groups attached to an aromatic ring is 1. The van der Waals surface area contributed by atoms with E-state index in [1.54, 1.807) is 0 Å². The van der Waals surface area contributed by atoms with Crippen molar-refractivity contribution in [3.63, 3.8) is 0 Å². The molecule has 0 bridgehead atoms. The van der Waals surface area contributed by atoms with Gasteiger partial charge >= 0.3 is 5.97 Å². The number of fused-ring (bicyclic) bond motifs is 1. The molecular weight excluding hydrogens is 324 g/mol. The summed E-state index contributed by atoms with van der Waals surface area (Å²) in [5, 5.41) is 11.2. The zero-order chi connectivity index (χ0) is 17.8. The van der Waals surface area contributed by atoms with E-state index >= 15 is 0 Å². The molecule has 25 heavy (non-hydrogen) atoms. The summed E-state index contributed by atoms with van der Waals surface area (Å²) in [6, 6.07) is 0.863. The van der Waals surface area contributed by atoms with Gasteiger partial charge in [0, 0.05) is 13.0 Å². The van der Waals surface area contributed by atoms with Gasteiger partial charge in [0.2, 0.25) is 5.95 Å². The van der Waals surface area contributed by atoms with Crippen LogP contribution in [-0.4, -0.2) is 43.4 Å². The van der Waals surface area contributed by atoms with Crippen molar-refractivity contribution in [1.29, 1.82) is 0 Å². The van der Waals surface area contributed by atoms with Crippen LogP contribution in [0.1, 0.15) is 38.6 Å². The van der Waals surface area contributed by atoms with Gasteiger partial charge in [-0.1, -0.05) is 12.2 Å². The van der Waals surface area contributed by atoms with Gasteiger partial charge in [0.05, 0.1) is 12.4 Å². The third kappa shape index (κ3) is 4.24. The van der Waals surface area contributed by atoms with Crippen molar-refractivity contribution in [1.82, 2.24) is 19.5 Å². The number of aliphatic hydroxyl groups is 1. The van der Waals surface area contributed by atoms with Crippen molar-refractivity contribution in [3.8, 4) is 0 Å². The second-order valence-corrected chi connectivity index (χ2v) is 6.01. The van der Waals surface area contributed by atoms with Crippen LogP contribution < -0.4 is 11.1 Å². The maximum Gasteiger partial charge on any atom is 0.304 e. The van der Waals surface area contributed by atoms with Gasteiger partial charge in [-0.25, -0.2) is 4.98 Å². The number of hydrogen-bond donors (Lipinski definition) is 3. The molecule has 1 atom stereocenters. The molecule has 4 rings (SSSR count). The maximum atomic E-state index is 9.66. The van der Waals surface area contributed by atoms with Crippen LogP contribution in [0.25, 0.3) is 11.2 Å². The summed E-state index contributed by atoms with van der Waals surface area (Å²) in [4.78, 5) is 22.8. The predicted molar refractivity (Wildman–Crippen MR) is 92.6 cm³/mol. The van der Waals surface area contributed by atoms with E-state index in [2.05, 4.69) is 41.7 Å². The van der Waals surface area contributed by atoms with Gasteiger partial charge in [-0.3, -0.25) is 4.79 Å². The van der Waals surface area contributed by atoms with Crippen LogP contribution in [0.5, 0.6) is 0 Å². The number of nitrogens with two attached hydrogens (primary N) is 1. The average molecular weight is 346 g/mol. The zero-order valence-electron chi connectivity index (χ0n) is 14.1. The Kier molecular flexibility index (Phi) is 5.13. The lowest BCUT2D eigenvalue weighted by Crippen LogP contribution is -2.09. The van der Waals surface area contributed by atoms with Crippen LogP contribution in [-0.2, 0) is 9.53 Å². The molecule has 2 aromatic heterocycles. The molecule has 1 fully saturated rings. The maximum absolute atomic E-state index is 9.66. The minimum absolute atomic E-state index is 0.305. The largest absolute Gasteiger partial charge is 0.439 e. The molecule has 0 aliphatic heterocycles. The summed E-state index contributed by atoms with van der Waals surface area (Å²) in [5.74, 6) is 0.614. The van der Waals surface area contributed by atoms with Crippen LogP contribution in [0.4, 0.5) is 11.8 Å². The molecule has 2 heterocycles. The molecule has 0 radical (unpaired) electrons. The molecule has 2 aliphatic rings. The van der Waals surface area contributed by atoms with Crippen LogP contribution in [0.15, 0.2) is 18.5 Å². The Bertz CT molecular complexity index is 784. The first-order valence-electron chi connectivity index (χ1n) is 8.26. The van der Waals surface area contributed by atoms with E-state index in [4.69, 9.17) is 10.8 Å². The van der Waals surface area contributed by atoms with Crippen LogP contribution in [0.2, 0.25) is 0 Å². The topological polar surface area (TPSA) is 128 Å². The lowest BCUT2D eigenvalue weighted by Gasteiger charge is -2.11. The Labute approximate surface area is 144 Å². The third-order valence-corrected chi connectivity index (χ3v) is 3.97. The lowest BCUT2D eigenvalue weighted by atomic mass is 10.2. The number of esters is 1. The van der Waals surface area contributed by atoms with Crippen molar-refractivity contribution in [2.75, 3.05) is 17.8 Å². The Morgan fingerprint density at radius 2 is 2.24 bits per heavy atom. The standard InChI is InChI=1S/C13H16N6.C3H6O3/c14-13-17-11(16-8-5-6-8)10-12(18-13)19(7-15-10)9-3-1-2-4-9;1-3(5)6-2-4/h1,3,7-9H,2,4-6H2,(H3,14,16,17,18);4H,2H2,1H3. The molecule has 0 spiro atoms. The van der Waals surface area contributed by atoms with Gasteiger partial charge in [-0.2, -0.15) is 9.97 Å². The second-order valence-electron chi connectivity index (χ2n) is 6.01. The molecule has 2 aliphatic carbocycles. The van der Waals surface area contributed by atoms with Crippen LogP contribution in [0, 0.1) is 0 Å². The summed E-state index contributed by atoms with van der Waals surface area (Å²) in [6.07, 6.45) is 10.8. The van der Waals surface area contributed by atoms with Gasteiger partial charge in [0.25, 0.3) is 0 Å². The quantitative estimate of drug-likeness (QED) is 0.430. The number of carbonyl (C=O) groups is 1. The number of rotatable bonds is 4. The van der Waals surface area contributed by atoms with Crippen LogP contribution in [0.3, 0.4) is 0 Å². The molecule has 9 heteroatoms. The molecule has 0 amide bonds. The molecule has 1 saturated carbocycles. The Hall–Kier alpha value is -2.68. The number of nitrogens with zero attached hydrogens (tertiary/aromatic N) is 4. The first-order valence-corrected chi connectivity index (χ1v) is 8.26. The molecule has 1 unspecified atom stereocenters. The number of aromatic nitrogens is 4. The molecular formula is C16H22N6O3. The minimum Gasteiger partial charge on any atom is -0.439 e. The van der Waals surface area contributed by atoms with Crippen molar-refractivity contribution < 1.29 is 14.6 Å². The normalized spacial score (nSPS) is 18.7. The summed E-state index contributed by atoms with van der Waals surface area (Å²) >= 11 is 0. The Balaban J connectivity index is 0.000000265. The Morgan fingerprint density at radius 1 is 1.44 bits per heavy atom. The highest BCUT2D eigenvalue weighted by Gasteiger charge is 2.24. The molecule has 4 N–H and O–H groups in total. The van der Waals surface area contributed by atoms with Gasteiger partial charge < -0.3 is 25.5 Å². The van der Waals surface area contributed by atoms with E-state index in [1.165, 1.54) is 19.8 Å². The fourth-order valence-corrected chi connectivity index (χ4v) is 2.64. The highest BCUT2D eigenvalue weighted by atomic mass is 16.6. The fourth-order valence-electron chi connectivity index (χ4n) is 2.64. The van der Waals surface area contributed by atoms with Gasteiger partial charge in [-0.15, -0.1) is 0 Å². The van der Waals surface area contributed by atoms with E-state index in [9.17, 15) is 4.79 Å². The van der Waals surface area contributed by atoms with Gasteiger partial charge in [0.15, 0.2) is 23.8 Å². The number of ether oxygens (including phenoxy) is 1. The number of nitrogens with one attached hydrogen (secondary N) is 1. The summed E-state index contributed by atoms with van der Waals surface area (Å²) < 4.78 is 6.05. The summed E-state index contributed by atoms with van der Waals surface area (Å²) in [6.45, 7) is 0.714. The monoisotopic (exact) mass is 346 g/mol. The van der Waals surface area contributed by atoms with Crippen molar-refractivity contribution in [2.24, 2.45) is 0 Å². The first kappa shape index (κ1) is 17.2. The highest BCUT2D eigenvalue weighted by Crippen LogP contribution is 2.31. The predicted octanol–water partition coefficient (Wildman–Crippen LogP) is 1.37. The van der Waals surface area contributed by atoms with E-state index < -0.39 is 12.8 Å². The fraction of sp³-hybridized carbons (Fsp3) is 0.500. The van der Waals surface area contributed by atoms with Crippen molar-refractivity contribution in [3.05, 3.63) is 18.5 Å². The smallest absolute Gasteiger partial charge is 0.304 e. The SMILES string of the molecule is CC(=O)OCO.Nc1nc(NC2CC2)c2ncn(C3C=CCC3)c2n1. The van der Waals surface area contributed by atoms with Gasteiger partial charge in [0.1, 0.15) is 0 Å². The van der Waals surface area contributed by atoms with E-state index in [0.717, 1.165) is 29.8 Å². The van der Waals surface area contributed by atoms with E-state index in [-0.39, 0.29) is 0 Å². The highest BCUT2D eigenvalue weighted by molar-refractivity contribution is 5.84. The first-order chi connectivity index (χ1) is 12.1. The molecule has 2 aromatic rings. The number of imidazole rings is 1. The number of allylic oxidation sites excluding steroid dienone is 2. The van der Waals surface area contributed by atoms with Gasteiger partial charge in [-0.05, 0) is 25.7 Å². The summed E-state index contributed by atoms with van der Waals surface area (Å²) in [5.41, 5.74) is 7.47. The third-order valence-electron chi connectivity index (χ3n) is 3.97. The molecule has 0 aromatic carbocycles. The number of hydrogen-bond acceptors (Lipinski definition) is 8. The second kappa shape index (κ2) is 7.47. The number of aliphatic hydroxyl groups excluding tert-OH is 1. The molecule has 134 valence electrons. The Morgan fingerprint density at radius 3 is 2.80 bits per heavy atom. The number of anilines is 2. The summed E-state index contributed by atoms with van der Waals surface area (Å²) in [7, 11) is 0. The average Bonchev–Trinajstić information content (AvgIpc) is 3.05. The van der Waals surface area contributed by atoms with Crippen molar-refractivity contribution in [2.45, 2.75) is 44.7 Å². The van der Waals surface area contributed by atoms with E-state index in [1.807, 2.05) is 6.33 Å². The number of carbonyl (C=O) groups excluding carboxylic acids is 1. The van der Waals surface area contributed by atoms with Crippen molar-refractivity contribution >= 4 is 28.9 Å². The zero-order valence-corrected chi connectivity index (χ0v) is 14.1. The van der Waals surface area contributed by atoms with E-state index in [0.29, 0.717) is 18.0 Å². The lowest BCUT2D eigenvalue weighted by molar-refractivity contribution is -0.148. The molecule has 0 saturated heterocycles. The molecule has 9 nitrogen and oxygen atoms in total. The van der Waals surface area contributed by atoms with Crippen LogP contribution >= 0.6 is 0 Å². The minimum atomic E-state index is -0.519.